The van der Waals surface area contributed by atoms with Crippen LogP contribution in [0, 0.1) is 0 Å². The highest BCUT2D eigenvalue weighted by Gasteiger charge is 2.35. The van der Waals surface area contributed by atoms with Gasteiger partial charge in [0.15, 0.2) is 11.5 Å². The number of imidazole rings is 1. The normalized spacial score (nSPS) is 12.7. The summed E-state index contributed by atoms with van der Waals surface area (Å²) in [4.78, 5) is 8.12. The molecule has 0 amide bonds. The van der Waals surface area contributed by atoms with E-state index in [1.54, 1.807) is 24.7 Å². The highest BCUT2D eigenvalue weighted by molar-refractivity contribution is 7.78. The van der Waals surface area contributed by atoms with Crippen molar-refractivity contribution in [1.82, 2.24) is 29.0 Å². The van der Waals surface area contributed by atoms with E-state index in [4.69, 9.17) is 4.74 Å². The van der Waals surface area contributed by atoms with Crippen LogP contribution < -0.4 is 5.32 Å². The first-order chi connectivity index (χ1) is 16.5. The molecule has 0 aliphatic carbocycles. The minimum Gasteiger partial charge on any atom is -0.361 e. The van der Waals surface area contributed by atoms with Crippen molar-refractivity contribution in [2.45, 2.75) is 52.1 Å². The molecule has 0 atom stereocenters. The van der Waals surface area contributed by atoms with Crippen molar-refractivity contribution in [1.29, 1.82) is 0 Å². The van der Waals surface area contributed by atoms with Gasteiger partial charge >= 0.3 is 6.18 Å². The maximum absolute atomic E-state index is 13.5. The third kappa shape index (κ3) is 8.06. The van der Waals surface area contributed by atoms with Gasteiger partial charge in [0, 0.05) is 51.6 Å². The average Bonchev–Trinajstić information content (AvgIpc) is 3.36. The number of pyridine rings is 1. The lowest BCUT2D eigenvalue weighted by Crippen LogP contribution is -2.22. The second-order valence-electron chi connectivity index (χ2n) is 9.36. The van der Waals surface area contributed by atoms with E-state index in [0.717, 1.165) is 29.9 Å². The number of hydrogen-bond donors (Lipinski definition) is 2. The van der Waals surface area contributed by atoms with E-state index in [1.165, 1.54) is 8.65 Å². The number of ether oxygens (including phenoxy) is 1. The number of nitrogens with zero attached hydrogens (tertiary/aromatic N) is 5. The highest BCUT2D eigenvalue weighted by Crippen LogP contribution is 2.32. The number of rotatable bonds is 11. The predicted molar refractivity (Wildman–Crippen MR) is 137 cm³/mol. The summed E-state index contributed by atoms with van der Waals surface area (Å²) in [5, 5.41) is 7.53. The van der Waals surface area contributed by atoms with Crippen molar-refractivity contribution in [2.24, 2.45) is 0 Å². The van der Waals surface area contributed by atoms with Crippen molar-refractivity contribution in [2.75, 3.05) is 13.2 Å². The van der Waals surface area contributed by atoms with Gasteiger partial charge < -0.3 is 14.6 Å². The molecule has 0 fully saturated rings. The van der Waals surface area contributed by atoms with Crippen molar-refractivity contribution < 1.29 is 17.9 Å². The van der Waals surface area contributed by atoms with Gasteiger partial charge in [0.25, 0.3) is 0 Å². The summed E-state index contributed by atoms with van der Waals surface area (Å²) >= 11 is 4.24. The van der Waals surface area contributed by atoms with E-state index >= 15 is 0 Å². The molecule has 3 rings (SSSR count). The number of thiol groups is 1. The Morgan fingerprint density at radius 1 is 1.17 bits per heavy atom. The topological polar surface area (TPSA) is 69.8 Å². The Kier molecular flexibility index (Phi) is 8.97. The Hall–Kier alpha value is -2.41. The molecule has 3 heterocycles. The quantitative estimate of drug-likeness (QED) is 0.198. The molecule has 0 aromatic carbocycles. The molecule has 0 bridgehead atoms. The van der Waals surface area contributed by atoms with Gasteiger partial charge in [-0.15, -0.1) is 0 Å². The fraction of sp³-hybridized carbons (Fsp3) is 0.435. The maximum atomic E-state index is 13.5. The Balaban J connectivity index is 1.89. The van der Waals surface area contributed by atoms with E-state index in [2.05, 4.69) is 52.8 Å². The smallest absolute Gasteiger partial charge is 0.361 e. The summed E-state index contributed by atoms with van der Waals surface area (Å²) in [6, 6.07) is 2.90. The summed E-state index contributed by atoms with van der Waals surface area (Å²) in [5.41, 5.74) is 1.73. The second-order valence-corrected chi connectivity index (χ2v) is 15.4. The Morgan fingerprint density at radius 2 is 1.94 bits per heavy atom. The van der Waals surface area contributed by atoms with Crippen molar-refractivity contribution in [3.8, 4) is 11.5 Å². The molecule has 35 heavy (non-hydrogen) atoms. The molecule has 0 aliphatic rings. The van der Waals surface area contributed by atoms with Gasteiger partial charge in [-0.05, 0) is 42.6 Å². The zero-order valence-electron chi connectivity index (χ0n) is 20.3. The number of halogens is 3. The molecule has 0 aliphatic heterocycles. The summed E-state index contributed by atoms with van der Waals surface area (Å²) in [6.07, 6.45) is 5.09. The molecule has 3 aromatic heterocycles. The van der Waals surface area contributed by atoms with Gasteiger partial charge in [0.2, 0.25) is 0 Å². The highest BCUT2D eigenvalue weighted by atomic mass is 32.1. The molecule has 0 spiro atoms. The zero-order chi connectivity index (χ0) is 25.6. The van der Waals surface area contributed by atoms with E-state index in [9.17, 15) is 13.2 Å². The summed E-state index contributed by atoms with van der Waals surface area (Å²) in [5.74, 6) is 0.0665. The third-order valence-corrected chi connectivity index (χ3v) is 7.00. The SMILES string of the molecule is CCNCc1cncc(/C=C/c2cn(S)nc2-c2nc(C(F)(F)F)cn2COCC[Si](C)(C)C)c1. The monoisotopic (exact) mass is 524 g/mol. The van der Waals surface area contributed by atoms with Crippen molar-refractivity contribution in [3.05, 3.63) is 53.2 Å². The lowest BCUT2D eigenvalue weighted by molar-refractivity contribution is -0.141. The molecule has 0 saturated heterocycles. The van der Waals surface area contributed by atoms with Crippen LogP contribution in [-0.4, -0.2) is 44.9 Å². The molecular weight excluding hydrogens is 493 g/mol. The molecule has 12 heteroatoms. The molecule has 7 nitrogen and oxygen atoms in total. The van der Waals surface area contributed by atoms with Crippen molar-refractivity contribution >= 4 is 33.0 Å². The first-order valence-electron chi connectivity index (χ1n) is 11.3. The van der Waals surface area contributed by atoms with Gasteiger partial charge in [-0.3, -0.25) is 4.98 Å². The van der Waals surface area contributed by atoms with Crippen LogP contribution in [0.2, 0.25) is 25.7 Å². The average molecular weight is 525 g/mol. The Labute approximate surface area is 210 Å². The molecule has 3 aromatic rings. The van der Waals surface area contributed by atoms with Gasteiger partial charge in [0.1, 0.15) is 12.4 Å². The molecule has 0 radical (unpaired) electrons. The van der Waals surface area contributed by atoms with Gasteiger partial charge in [0.05, 0.1) is 0 Å². The summed E-state index contributed by atoms with van der Waals surface area (Å²) in [6.45, 7) is 10.6. The second kappa shape index (κ2) is 11.5. The fourth-order valence-corrected chi connectivity index (χ4v) is 4.17. The lowest BCUT2D eigenvalue weighted by Gasteiger charge is -2.16. The number of nitrogens with one attached hydrogen (secondary N) is 1. The number of aromatic nitrogens is 5. The minimum absolute atomic E-state index is 0.0537. The van der Waals surface area contributed by atoms with Gasteiger partial charge in [-0.2, -0.15) is 18.3 Å². The third-order valence-electron chi connectivity index (χ3n) is 5.09. The number of hydrogen-bond acceptors (Lipinski definition) is 6. The first kappa shape index (κ1) is 27.2. The summed E-state index contributed by atoms with van der Waals surface area (Å²) < 4.78 is 48.7. The predicted octanol–water partition coefficient (Wildman–Crippen LogP) is 5.45. The van der Waals surface area contributed by atoms with E-state index in [1.807, 2.05) is 19.1 Å². The fourth-order valence-electron chi connectivity index (χ4n) is 3.20. The van der Waals surface area contributed by atoms with E-state index < -0.39 is 19.9 Å². The lowest BCUT2D eigenvalue weighted by atomic mass is 10.1. The standard InChI is InChI=1S/C23H31F3N6OSSi/c1-5-27-12-18-10-17(11-28-13-18)6-7-19-14-32(34)30-21(19)22-29-20(23(24,25)26)15-31(22)16-33-8-9-35(2,3)4/h6-7,10-11,13-15,27,34H,5,8-9,12,16H2,1-4H3/b7-6+. The molecule has 0 saturated carbocycles. The summed E-state index contributed by atoms with van der Waals surface area (Å²) in [7, 11) is -1.33. The van der Waals surface area contributed by atoms with Crippen LogP contribution in [-0.2, 0) is 24.2 Å². The molecule has 190 valence electrons. The van der Waals surface area contributed by atoms with E-state index in [-0.39, 0.29) is 18.2 Å². The zero-order valence-corrected chi connectivity index (χ0v) is 22.2. The largest absolute Gasteiger partial charge is 0.434 e. The van der Waals surface area contributed by atoms with Crippen LogP contribution in [0.5, 0.6) is 0 Å². The molecular formula is C23H31F3N6OSSi. The molecule has 1 N–H and O–H groups in total. The minimum atomic E-state index is -4.59. The maximum Gasteiger partial charge on any atom is 0.434 e. The molecule has 0 unspecified atom stereocenters. The number of alkyl halides is 3. The van der Waals surface area contributed by atoms with Gasteiger partial charge in [-0.1, -0.05) is 38.7 Å². The van der Waals surface area contributed by atoms with Gasteiger partial charge in [-0.25, -0.2) is 9.07 Å². The van der Waals surface area contributed by atoms with Crippen LogP contribution >= 0.6 is 12.8 Å². The van der Waals surface area contributed by atoms with Crippen LogP contribution in [0.15, 0.2) is 30.9 Å². The van der Waals surface area contributed by atoms with Crippen LogP contribution in [0.3, 0.4) is 0 Å². The first-order valence-corrected chi connectivity index (χ1v) is 15.4. The van der Waals surface area contributed by atoms with Crippen molar-refractivity contribution in [3.63, 3.8) is 0 Å². The van der Waals surface area contributed by atoms with E-state index in [0.29, 0.717) is 18.7 Å². The van der Waals surface area contributed by atoms with Crippen LogP contribution in [0.1, 0.15) is 29.3 Å². The van der Waals surface area contributed by atoms with Crippen LogP contribution in [0.25, 0.3) is 23.7 Å². The van der Waals surface area contributed by atoms with Crippen LogP contribution in [0.4, 0.5) is 13.2 Å². The Morgan fingerprint density at radius 3 is 2.63 bits per heavy atom. The Bertz CT molecular complexity index is 1150.